The molecule has 5 heteroatoms. The van der Waals surface area contributed by atoms with E-state index in [-0.39, 0.29) is 11.9 Å². The summed E-state index contributed by atoms with van der Waals surface area (Å²) in [5, 5.41) is 10.8. The minimum absolute atomic E-state index is 0.157. The number of aliphatic hydroxyl groups excluding tert-OH is 1. The highest BCUT2D eigenvalue weighted by Crippen LogP contribution is 2.44. The summed E-state index contributed by atoms with van der Waals surface area (Å²) in [6, 6.07) is 5.03. The summed E-state index contributed by atoms with van der Waals surface area (Å²) in [6.45, 7) is 0. The highest BCUT2D eigenvalue weighted by molar-refractivity contribution is 14.1. The Morgan fingerprint density at radius 2 is 2.17 bits per heavy atom. The van der Waals surface area contributed by atoms with Gasteiger partial charge < -0.3 is 9.67 Å². The van der Waals surface area contributed by atoms with Gasteiger partial charge in [-0.15, -0.1) is 0 Å². The number of hydrogen-bond acceptors (Lipinski definition) is 2. The number of hydrogen-bond donors (Lipinski definition) is 1. The van der Waals surface area contributed by atoms with E-state index < -0.39 is 6.10 Å². The predicted octanol–water partition coefficient (Wildman–Crippen LogP) is 4.85. The Hall–Kier alpha value is -1.21. The molecule has 1 aromatic heterocycles. The molecule has 1 N–H and O–H groups in total. The van der Waals surface area contributed by atoms with Gasteiger partial charge in [-0.25, -0.2) is 9.37 Å². The first-order valence-corrected chi connectivity index (χ1v) is 9.70. The molecule has 1 aliphatic carbocycles. The second-order valence-electron chi connectivity index (χ2n) is 6.81. The van der Waals surface area contributed by atoms with Crippen molar-refractivity contribution in [3.8, 4) is 11.3 Å². The molecule has 2 heterocycles. The van der Waals surface area contributed by atoms with Crippen LogP contribution in [0.2, 0.25) is 0 Å². The minimum Gasteiger partial charge on any atom is -0.393 e. The lowest BCUT2D eigenvalue weighted by atomic mass is 9.80. The predicted molar refractivity (Wildman–Crippen MR) is 100 cm³/mol. The van der Waals surface area contributed by atoms with Crippen molar-refractivity contribution in [2.24, 2.45) is 5.92 Å². The lowest BCUT2D eigenvalue weighted by molar-refractivity contribution is 0.0743. The van der Waals surface area contributed by atoms with Gasteiger partial charge in [0, 0.05) is 11.1 Å². The fraction of sp³-hybridized carbons (Fsp3) is 0.421. The van der Waals surface area contributed by atoms with Gasteiger partial charge >= 0.3 is 0 Å². The molecule has 1 fully saturated rings. The summed E-state index contributed by atoms with van der Waals surface area (Å²) < 4.78 is 18.6. The van der Waals surface area contributed by atoms with Crippen LogP contribution in [0.25, 0.3) is 11.3 Å². The van der Waals surface area contributed by atoms with Crippen LogP contribution in [-0.4, -0.2) is 20.8 Å². The van der Waals surface area contributed by atoms with Crippen LogP contribution in [0, 0.1) is 11.7 Å². The number of rotatable bonds is 3. The van der Waals surface area contributed by atoms with Gasteiger partial charge in [-0.1, -0.05) is 40.3 Å². The summed E-state index contributed by atoms with van der Waals surface area (Å²) in [5.74, 6) is 0.111. The lowest BCUT2D eigenvalue weighted by Crippen LogP contribution is -2.26. The van der Waals surface area contributed by atoms with Gasteiger partial charge in [0.05, 0.1) is 30.4 Å². The first-order chi connectivity index (χ1) is 11.7. The number of halogens is 2. The van der Waals surface area contributed by atoms with Gasteiger partial charge in [0.25, 0.3) is 0 Å². The van der Waals surface area contributed by atoms with Crippen LogP contribution < -0.4 is 0 Å². The van der Waals surface area contributed by atoms with Crippen LogP contribution in [0.5, 0.6) is 0 Å². The fourth-order valence-corrected chi connectivity index (χ4v) is 4.78. The van der Waals surface area contributed by atoms with Gasteiger partial charge in [-0.2, -0.15) is 0 Å². The van der Waals surface area contributed by atoms with Gasteiger partial charge in [-0.3, -0.25) is 0 Å². The molecule has 0 radical (unpaired) electrons. The maximum absolute atomic E-state index is 14.4. The topological polar surface area (TPSA) is 38.1 Å². The average Bonchev–Trinajstić information content (AvgIpc) is 3.18. The molecule has 2 aliphatic rings. The van der Waals surface area contributed by atoms with Crippen LogP contribution in [-0.2, 0) is 0 Å². The van der Waals surface area contributed by atoms with Crippen molar-refractivity contribution in [3.05, 3.63) is 51.8 Å². The van der Waals surface area contributed by atoms with E-state index in [0.29, 0.717) is 17.9 Å². The van der Waals surface area contributed by atoms with Crippen molar-refractivity contribution in [1.82, 2.24) is 9.55 Å². The maximum Gasteiger partial charge on any atom is 0.129 e. The Morgan fingerprint density at radius 3 is 2.92 bits per heavy atom. The van der Waals surface area contributed by atoms with Crippen molar-refractivity contribution in [3.63, 3.8) is 0 Å². The zero-order chi connectivity index (χ0) is 16.7. The quantitative estimate of drug-likeness (QED) is 0.696. The highest BCUT2D eigenvalue weighted by Gasteiger charge is 2.34. The lowest BCUT2D eigenvalue weighted by Gasteiger charge is -2.30. The van der Waals surface area contributed by atoms with Crippen molar-refractivity contribution >= 4 is 22.6 Å². The molecule has 0 bridgehead atoms. The molecule has 0 amide bonds. The molecule has 1 saturated carbocycles. The molecular formula is C19H20FIN2O. The van der Waals surface area contributed by atoms with E-state index in [4.69, 9.17) is 0 Å². The summed E-state index contributed by atoms with van der Waals surface area (Å²) in [7, 11) is 0. The minimum atomic E-state index is -0.411. The monoisotopic (exact) mass is 438 g/mol. The first-order valence-electron chi connectivity index (χ1n) is 8.46. The number of fused-ring (bicyclic) bond motifs is 3. The Balaban J connectivity index is 1.57. The Labute approximate surface area is 154 Å². The van der Waals surface area contributed by atoms with Gasteiger partial charge in [0.15, 0.2) is 0 Å². The Morgan fingerprint density at radius 1 is 1.38 bits per heavy atom. The van der Waals surface area contributed by atoms with Crippen molar-refractivity contribution < 1.29 is 9.50 Å². The maximum atomic E-state index is 14.4. The molecular weight excluding hydrogens is 418 g/mol. The van der Waals surface area contributed by atoms with E-state index in [1.165, 1.54) is 11.6 Å². The number of nitrogens with zero attached hydrogens (tertiary/aromatic N) is 2. The molecule has 2 atom stereocenters. The molecule has 2 unspecified atom stereocenters. The van der Waals surface area contributed by atoms with Crippen LogP contribution in [0.3, 0.4) is 0 Å². The standard InChI is InChI=1S/C19H20FIN2O/c20-15-3-1-2-14-17-10-22-11-23(17)16(19(14)15)8-18(24)13-6-4-12(9-21)5-7-13/h1-3,9-11,13,16,18,24H,4-8H2. The zero-order valence-electron chi connectivity index (χ0n) is 13.3. The largest absolute Gasteiger partial charge is 0.393 e. The van der Waals surface area contributed by atoms with E-state index in [1.807, 2.05) is 10.6 Å². The van der Waals surface area contributed by atoms with Gasteiger partial charge in [-0.05, 0) is 48.2 Å². The summed E-state index contributed by atoms with van der Waals surface area (Å²) in [6.07, 6.45) is 7.84. The second kappa shape index (κ2) is 6.59. The molecule has 2 aromatic rings. The van der Waals surface area contributed by atoms with Gasteiger partial charge in [0.1, 0.15) is 5.82 Å². The summed E-state index contributed by atoms with van der Waals surface area (Å²) in [5.41, 5.74) is 4.04. The SMILES string of the molecule is OC(CC1c2c(F)cccc2-c2cncn21)C1CCC(=CI)CC1. The van der Waals surface area contributed by atoms with Crippen LogP contribution in [0.1, 0.15) is 43.7 Å². The van der Waals surface area contributed by atoms with E-state index >= 15 is 0 Å². The number of allylic oxidation sites excluding steroid dienone is 1. The van der Waals surface area contributed by atoms with E-state index in [2.05, 4.69) is 31.7 Å². The Kier molecular flexibility index (Phi) is 4.47. The van der Waals surface area contributed by atoms with Crippen molar-refractivity contribution in [1.29, 1.82) is 0 Å². The third-order valence-electron chi connectivity index (χ3n) is 5.50. The number of benzene rings is 1. The van der Waals surface area contributed by atoms with Crippen molar-refractivity contribution in [2.75, 3.05) is 0 Å². The molecule has 0 spiro atoms. The second-order valence-corrected chi connectivity index (χ2v) is 7.43. The third kappa shape index (κ3) is 2.71. The van der Waals surface area contributed by atoms with Crippen LogP contribution in [0.4, 0.5) is 4.39 Å². The molecule has 4 rings (SSSR count). The van der Waals surface area contributed by atoms with E-state index in [9.17, 15) is 9.50 Å². The molecule has 24 heavy (non-hydrogen) atoms. The molecule has 126 valence electrons. The molecule has 3 nitrogen and oxygen atoms in total. The summed E-state index contributed by atoms with van der Waals surface area (Å²) in [4.78, 5) is 4.21. The summed E-state index contributed by atoms with van der Waals surface area (Å²) >= 11 is 2.30. The highest BCUT2D eigenvalue weighted by atomic mass is 127. The van der Waals surface area contributed by atoms with Gasteiger partial charge in [0.2, 0.25) is 0 Å². The molecule has 1 aromatic carbocycles. The first kappa shape index (κ1) is 16.3. The van der Waals surface area contributed by atoms with Crippen LogP contribution in [0.15, 0.2) is 40.4 Å². The fourth-order valence-electron chi connectivity index (χ4n) is 4.16. The number of aromatic nitrogens is 2. The van der Waals surface area contributed by atoms with Crippen molar-refractivity contribution in [2.45, 2.75) is 44.2 Å². The normalized spacial score (nSPS) is 23.7. The third-order valence-corrected chi connectivity index (χ3v) is 6.38. The number of imidazole rings is 1. The van der Waals surface area contributed by atoms with E-state index in [0.717, 1.165) is 36.9 Å². The number of aliphatic hydroxyl groups is 1. The smallest absolute Gasteiger partial charge is 0.129 e. The average molecular weight is 438 g/mol. The Bertz CT molecular complexity index is 775. The molecule has 1 aliphatic heterocycles. The van der Waals surface area contributed by atoms with E-state index in [1.54, 1.807) is 18.6 Å². The van der Waals surface area contributed by atoms with Crippen LogP contribution >= 0.6 is 22.6 Å². The molecule has 0 saturated heterocycles. The zero-order valence-corrected chi connectivity index (χ0v) is 15.5.